The zero-order chi connectivity index (χ0) is 18.4. The summed E-state index contributed by atoms with van der Waals surface area (Å²) in [5, 5.41) is 6.25. The van der Waals surface area contributed by atoms with Crippen molar-refractivity contribution >= 4 is 92.3 Å². The standard InChI is InChI=1S/C16H20O2S7/c1-10(2)8-23-15(19)25-16(3,4)14(17)18-7-11-9-22-13(24-11)12-20-5-6-21-12/h5-6,9-10H,7-8H2,1-4H3. The van der Waals surface area contributed by atoms with Gasteiger partial charge in [0.15, 0.2) is 0 Å². The first-order chi connectivity index (χ1) is 11.8. The molecule has 0 aromatic carbocycles. The van der Waals surface area contributed by atoms with E-state index < -0.39 is 4.75 Å². The number of carbonyl (C=O) groups excluding carboxylic acids is 1. The summed E-state index contributed by atoms with van der Waals surface area (Å²) in [5.74, 6) is 1.33. The van der Waals surface area contributed by atoms with Gasteiger partial charge in [-0.05, 0) is 36.0 Å². The van der Waals surface area contributed by atoms with Crippen molar-refractivity contribution in [3.63, 3.8) is 0 Å². The Morgan fingerprint density at radius 2 is 1.92 bits per heavy atom. The van der Waals surface area contributed by atoms with Gasteiger partial charge in [0.25, 0.3) is 0 Å². The summed E-state index contributed by atoms with van der Waals surface area (Å²) in [6.45, 7) is 8.39. The minimum Gasteiger partial charge on any atom is -0.459 e. The summed E-state index contributed by atoms with van der Waals surface area (Å²) in [4.78, 5) is 13.5. The van der Waals surface area contributed by atoms with E-state index in [4.69, 9.17) is 17.0 Å². The SMILES string of the molecule is CC(C)CSC(=S)SC(C)(C)C(=O)OCC1=CSC(=C2SC=CS2)S1. The van der Waals surface area contributed by atoms with Crippen LogP contribution in [0, 0.1) is 5.92 Å². The Labute approximate surface area is 181 Å². The Morgan fingerprint density at radius 3 is 2.56 bits per heavy atom. The molecule has 0 spiro atoms. The van der Waals surface area contributed by atoms with E-state index in [1.54, 1.807) is 58.8 Å². The third kappa shape index (κ3) is 7.43. The van der Waals surface area contributed by atoms with E-state index >= 15 is 0 Å². The van der Waals surface area contributed by atoms with Crippen LogP contribution in [-0.2, 0) is 9.53 Å². The van der Waals surface area contributed by atoms with Crippen molar-refractivity contribution in [3.05, 3.63) is 29.6 Å². The van der Waals surface area contributed by atoms with Gasteiger partial charge in [0.05, 0.1) is 8.47 Å². The lowest BCUT2D eigenvalue weighted by Gasteiger charge is -2.22. The van der Waals surface area contributed by atoms with Gasteiger partial charge in [-0.2, -0.15) is 0 Å². The Kier molecular flexibility index (Phi) is 9.25. The summed E-state index contributed by atoms with van der Waals surface area (Å²) in [6, 6.07) is 0. The molecular weight excluding hydrogens is 449 g/mol. The van der Waals surface area contributed by atoms with Gasteiger partial charge >= 0.3 is 5.97 Å². The number of thioether (sulfide) groups is 6. The Bertz CT molecular complexity index is 610. The van der Waals surface area contributed by atoms with Crippen LogP contribution in [0.5, 0.6) is 0 Å². The number of ether oxygens (including phenoxy) is 1. The average molecular weight is 469 g/mol. The molecular formula is C16H20O2S7. The summed E-state index contributed by atoms with van der Waals surface area (Å²) < 4.78 is 8.25. The first kappa shape index (κ1) is 22.2. The van der Waals surface area contributed by atoms with Gasteiger partial charge < -0.3 is 4.74 Å². The molecule has 2 aliphatic heterocycles. The lowest BCUT2D eigenvalue weighted by atomic mass is 10.2. The highest BCUT2D eigenvalue weighted by atomic mass is 32.2. The molecule has 0 saturated heterocycles. The van der Waals surface area contributed by atoms with Crippen LogP contribution in [-0.4, -0.2) is 26.6 Å². The van der Waals surface area contributed by atoms with Crippen molar-refractivity contribution in [1.29, 1.82) is 0 Å². The molecule has 138 valence electrons. The lowest BCUT2D eigenvalue weighted by Crippen LogP contribution is -2.31. The molecule has 2 nitrogen and oxygen atoms in total. The normalized spacial score (nSPS) is 17.4. The van der Waals surface area contributed by atoms with Gasteiger partial charge in [0.2, 0.25) is 0 Å². The van der Waals surface area contributed by atoms with Crippen LogP contribution in [0.15, 0.2) is 29.6 Å². The van der Waals surface area contributed by atoms with Gasteiger partial charge in [0, 0.05) is 10.7 Å². The minimum absolute atomic E-state index is 0.219. The van der Waals surface area contributed by atoms with E-state index in [0.717, 1.165) is 14.2 Å². The van der Waals surface area contributed by atoms with Crippen LogP contribution < -0.4 is 0 Å². The predicted octanol–water partition coefficient (Wildman–Crippen LogP) is 7.11. The first-order valence-electron chi connectivity index (χ1n) is 7.57. The third-order valence-corrected chi connectivity index (χ3v) is 11.0. The molecule has 0 amide bonds. The molecule has 0 bridgehead atoms. The van der Waals surface area contributed by atoms with Crippen LogP contribution in [0.4, 0.5) is 0 Å². The van der Waals surface area contributed by atoms with E-state index in [-0.39, 0.29) is 5.97 Å². The highest BCUT2D eigenvalue weighted by Crippen LogP contribution is 2.53. The number of hydrogen-bond donors (Lipinski definition) is 0. The molecule has 0 aromatic heterocycles. The fourth-order valence-electron chi connectivity index (χ4n) is 1.57. The molecule has 0 unspecified atom stereocenters. The molecule has 2 heterocycles. The largest absolute Gasteiger partial charge is 0.459 e. The summed E-state index contributed by atoms with van der Waals surface area (Å²) in [5.41, 5.74) is 0. The van der Waals surface area contributed by atoms with Gasteiger partial charge in [-0.15, -0.1) is 11.8 Å². The average Bonchev–Trinajstić information content (AvgIpc) is 3.21. The number of carbonyl (C=O) groups is 1. The summed E-state index contributed by atoms with van der Waals surface area (Å²) in [6.07, 6.45) is 0. The van der Waals surface area contributed by atoms with Crippen molar-refractivity contribution < 1.29 is 9.53 Å². The fraction of sp³-hybridized carbons (Fsp3) is 0.500. The van der Waals surface area contributed by atoms with Crippen LogP contribution in [0.3, 0.4) is 0 Å². The maximum Gasteiger partial charge on any atom is 0.322 e. The molecule has 0 atom stereocenters. The van der Waals surface area contributed by atoms with Gasteiger partial charge in [-0.25, -0.2) is 0 Å². The number of esters is 1. The van der Waals surface area contributed by atoms with Crippen LogP contribution >= 0.6 is 82.8 Å². The Hall–Kier alpha value is 0.880. The maximum absolute atomic E-state index is 12.4. The van der Waals surface area contributed by atoms with Crippen LogP contribution in [0.25, 0.3) is 0 Å². The molecule has 0 aromatic rings. The second-order valence-corrected chi connectivity index (χ2v) is 14.2. The second kappa shape index (κ2) is 10.4. The molecule has 0 radical (unpaired) electrons. The van der Waals surface area contributed by atoms with E-state index in [1.165, 1.54) is 20.2 Å². The quantitative estimate of drug-likeness (QED) is 0.298. The van der Waals surface area contributed by atoms with Crippen molar-refractivity contribution in [2.24, 2.45) is 5.92 Å². The highest BCUT2D eigenvalue weighted by molar-refractivity contribution is 8.47. The van der Waals surface area contributed by atoms with Crippen molar-refractivity contribution in [2.75, 3.05) is 12.4 Å². The Balaban J connectivity index is 1.77. The van der Waals surface area contributed by atoms with E-state index in [1.807, 2.05) is 13.8 Å². The minimum atomic E-state index is -0.666. The van der Waals surface area contributed by atoms with Gasteiger partial charge in [0.1, 0.15) is 14.9 Å². The topological polar surface area (TPSA) is 26.3 Å². The zero-order valence-corrected chi connectivity index (χ0v) is 20.1. The first-order valence-corrected chi connectivity index (χ1v) is 13.2. The summed E-state index contributed by atoms with van der Waals surface area (Å²) >= 11 is 15.3. The van der Waals surface area contributed by atoms with Gasteiger partial charge in [-0.3, -0.25) is 4.79 Å². The Morgan fingerprint density at radius 1 is 1.24 bits per heavy atom. The molecule has 25 heavy (non-hydrogen) atoms. The van der Waals surface area contributed by atoms with Gasteiger partial charge in [-0.1, -0.05) is 84.9 Å². The predicted molar refractivity (Wildman–Crippen MR) is 127 cm³/mol. The lowest BCUT2D eigenvalue weighted by molar-refractivity contribution is -0.144. The molecule has 0 N–H and O–H groups in total. The molecule has 0 fully saturated rings. The van der Waals surface area contributed by atoms with Crippen LogP contribution in [0.1, 0.15) is 27.7 Å². The number of rotatable bonds is 6. The van der Waals surface area contributed by atoms with Crippen molar-refractivity contribution in [1.82, 2.24) is 0 Å². The number of hydrogen-bond acceptors (Lipinski definition) is 9. The smallest absolute Gasteiger partial charge is 0.322 e. The molecule has 2 aliphatic rings. The van der Waals surface area contributed by atoms with E-state index in [0.29, 0.717) is 12.5 Å². The number of thiocarbonyl (C=S) groups is 1. The van der Waals surface area contributed by atoms with E-state index in [2.05, 4.69) is 30.1 Å². The fourth-order valence-corrected chi connectivity index (χ4v) is 8.88. The summed E-state index contributed by atoms with van der Waals surface area (Å²) in [7, 11) is 0. The molecule has 0 aliphatic carbocycles. The molecule has 9 heteroatoms. The highest BCUT2D eigenvalue weighted by Gasteiger charge is 2.32. The zero-order valence-electron chi connectivity index (χ0n) is 14.4. The molecule has 0 saturated carbocycles. The molecule has 2 rings (SSSR count). The monoisotopic (exact) mass is 468 g/mol. The maximum atomic E-state index is 12.4. The second-order valence-electron chi connectivity index (χ2n) is 6.03. The van der Waals surface area contributed by atoms with E-state index in [9.17, 15) is 4.79 Å². The van der Waals surface area contributed by atoms with Crippen molar-refractivity contribution in [2.45, 2.75) is 32.4 Å². The van der Waals surface area contributed by atoms with Crippen molar-refractivity contribution in [3.8, 4) is 0 Å². The van der Waals surface area contributed by atoms with Crippen LogP contribution in [0.2, 0.25) is 0 Å². The third-order valence-electron chi connectivity index (χ3n) is 2.80.